The summed E-state index contributed by atoms with van der Waals surface area (Å²) in [6.07, 6.45) is 4.02. The summed E-state index contributed by atoms with van der Waals surface area (Å²) in [7, 11) is 1.72. The third-order valence-electron chi connectivity index (χ3n) is 4.40. The van der Waals surface area contributed by atoms with Crippen molar-refractivity contribution in [2.45, 2.75) is 20.3 Å². The predicted octanol–water partition coefficient (Wildman–Crippen LogP) is 5.06. The normalized spacial score (nSPS) is 16.7. The summed E-state index contributed by atoms with van der Waals surface area (Å²) in [6, 6.07) is 11.4. The number of thioether (sulfide) groups is 1. The number of allylic oxidation sites excluding steroid dienone is 1. The zero-order valence-corrected chi connectivity index (χ0v) is 17.6. The highest BCUT2D eigenvalue weighted by atomic mass is 32.2. The number of hydrogen-bond donors (Lipinski definition) is 1. The zero-order chi connectivity index (χ0) is 21.0. The second-order valence-corrected chi connectivity index (χ2v) is 7.67. The fraction of sp³-hybridized carbons (Fsp3) is 0.217. The van der Waals surface area contributed by atoms with E-state index in [1.807, 2.05) is 44.2 Å². The minimum Gasteiger partial charge on any atom is -0.504 e. The van der Waals surface area contributed by atoms with Crippen LogP contribution in [0.25, 0.3) is 6.08 Å². The van der Waals surface area contributed by atoms with Gasteiger partial charge in [0.1, 0.15) is 0 Å². The minimum atomic E-state index is -0.114. The number of benzene rings is 2. The van der Waals surface area contributed by atoms with Crippen molar-refractivity contribution in [1.82, 2.24) is 4.90 Å². The van der Waals surface area contributed by atoms with Gasteiger partial charge in [-0.1, -0.05) is 23.8 Å². The van der Waals surface area contributed by atoms with Crippen molar-refractivity contribution in [2.24, 2.45) is 4.99 Å². The number of carbonyl (C=O) groups is 1. The van der Waals surface area contributed by atoms with Gasteiger partial charge in [-0.05, 0) is 67.9 Å². The van der Waals surface area contributed by atoms with E-state index in [9.17, 15) is 9.90 Å². The lowest BCUT2D eigenvalue weighted by atomic mass is 10.1. The molecule has 6 heteroatoms. The van der Waals surface area contributed by atoms with Crippen LogP contribution in [0.15, 0.2) is 59.0 Å². The first-order valence-electron chi connectivity index (χ1n) is 9.35. The first-order chi connectivity index (χ1) is 13.9. The summed E-state index contributed by atoms with van der Waals surface area (Å²) in [5, 5.41) is 11.0. The predicted molar refractivity (Wildman–Crippen MR) is 120 cm³/mol. The molecule has 5 nitrogen and oxygen atoms in total. The van der Waals surface area contributed by atoms with Crippen LogP contribution in [-0.2, 0) is 11.2 Å². The molecule has 0 atom stereocenters. The van der Waals surface area contributed by atoms with Crippen LogP contribution in [0.3, 0.4) is 0 Å². The maximum Gasteiger partial charge on any atom is 0.266 e. The molecule has 150 valence electrons. The number of amidine groups is 1. The third kappa shape index (κ3) is 4.71. The number of phenols is 1. The van der Waals surface area contributed by atoms with Gasteiger partial charge in [0.05, 0.1) is 17.2 Å². The van der Waals surface area contributed by atoms with E-state index < -0.39 is 0 Å². The smallest absolute Gasteiger partial charge is 0.266 e. The van der Waals surface area contributed by atoms with Gasteiger partial charge in [-0.15, -0.1) is 6.58 Å². The number of phenolic OH excluding ortho intramolecular Hbond substituents is 1. The maximum atomic E-state index is 12.7. The van der Waals surface area contributed by atoms with Gasteiger partial charge in [0.15, 0.2) is 16.7 Å². The Labute approximate surface area is 175 Å². The van der Waals surface area contributed by atoms with Gasteiger partial charge >= 0.3 is 0 Å². The van der Waals surface area contributed by atoms with E-state index >= 15 is 0 Å². The van der Waals surface area contributed by atoms with Gasteiger partial charge in [0.2, 0.25) is 0 Å². The summed E-state index contributed by atoms with van der Waals surface area (Å²) < 4.78 is 5.55. The highest BCUT2D eigenvalue weighted by molar-refractivity contribution is 8.18. The average Bonchev–Trinajstić information content (AvgIpc) is 2.95. The summed E-state index contributed by atoms with van der Waals surface area (Å²) in [5.74, 6) is 0.395. The fourth-order valence-corrected chi connectivity index (χ4v) is 3.87. The van der Waals surface area contributed by atoms with Gasteiger partial charge in [0, 0.05) is 12.6 Å². The number of rotatable bonds is 6. The number of hydrogen-bond acceptors (Lipinski definition) is 5. The fourth-order valence-electron chi connectivity index (χ4n) is 2.88. The van der Waals surface area contributed by atoms with E-state index in [1.165, 1.54) is 11.8 Å². The Morgan fingerprint density at radius 3 is 2.66 bits per heavy atom. The maximum absolute atomic E-state index is 12.7. The largest absolute Gasteiger partial charge is 0.504 e. The van der Waals surface area contributed by atoms with Gasteiger partial charge in [-0.2, -0.15) is 0 Å². The van der Waals surface area contributed by atoms with Crippen molar-refractivity contribution in [3.63, 3.8) is 0 Å². The topological polar surface area (TPSA) is 62.1 Å². The first-order valence-corrected chi connectivity index (χ1v) is 10.2. The van der Waals surface area contributed by atoms with Gasteiger partial charge in [-0.3, -0.25) is 9.69 Å². The van der Waals surface area contributed by atoms with Crippen molar-refractivity contribution in [3.8, 4) is 11.5 Å². The molecule has 1 fully saturated rings. The molecule has 1 N–H and O–H groups in total. The molecule has 1 saturated heterocycles. The summed E-state index contributed by atoms with van der Waals surface area (Å²) >= 11 is 1.33. The Balaban J connectivity index is 1.94. The van der Waals surface area contributed by atoms with E-state index in [2.05, 4.69) is 11.6 Å². The van der Waals surface area contributed by atoms with Crippen LogP contribution in [0.2, 0.25) is 0 Å². The molecule has 2 aromatic carbocycles. The number of carbonyl (C=O) groups excluding carboxylic acids is 1. The molecule has 0 aromatic heterocycles. The standard InChI is InChI=1S/C23H24N2O3S/c1-5-7-17-12-16(13-19(21(17)26)28-6-2)14-20-22(27)25(4)23(29-20)24-18-10-8-15(3)9-11-18/h5,8-14,26H,1,6-7H2,2-4H3/b20-14+,24-23+. The first kappa shape index (κ1) is 20.7. The summed E-state index contributed by atoms with van der Waals surface area (Å²) in [6.45, 7) is 8.05. The Kier molecular flexibility index (Phi) is 6.44. The highest BCUT2D eigenvalue weighted by Crippen LogP contribution is 2.36. The van der Waals surface area contributed by atoms with Crippen LogP contribution in [0, 0.1) is 6.92 Å². The number of ether oxygens (including phenoxy) is 1. The van der Waals surface area contributed by atoms with Crippen LogP contribution in [0.5, 0.6) is 11.5 Å². The molecule has 2 aromatic rings. The molecule has 0 spiro atoms. The molecule has 3 rings (SSSR count). The van der Waals surface area contributed by atoms with Crippen molar-refractivity contribution in [1.29, 1.82) is 0 Å². The summed E-state index contributed by atoms with van der Waals surface area (Å²) in [4.78, 5) is 19.4. The van der Waals surface area contributed by atoms with Crippen LogP contribution >= 0.6 is 11.8 Å². The number of amides is 1. The van der Waals surface area contributed by atoms with E-state index in [0.29, 0.717) is 34.4 Å². The van der Waals surface area contributed by atoms with E-state index in [0.717, 1.165) is 16.8 Å². The molecule has 29 heavy (non-hydrogen) atoms. The molecule has 1 aliphatic rings. The lowest BCUT2D eigenvalue weighted by Gasteiger charge is -2.11. The Morgan fingerprint density at radius 1 is 1.28 bits per heavy atom. The second kappa shape index (κ2) is 9.01. The van der Waals surface area contributed by atoms with Crippen molar-refractivity contribution >= 4 is 34.6 Å². The molecule has 0 radical (unpaired) electrons. The number of likely N-dealkylation sites (N-methyl/N-ethyl adjacent to an activating group) is 1. The van der Waals surface area contributed by atoms with E-state index in [1.54, 1.807) is 30.2 Å². The number of aromatic hydroxyl groups is 1. The SMILES string of the molecule is C=CCc1cc(/C=C2/S/C(=N/c3ccc(C)cc3)N(C)C2=O)cc(OCC)c1O. The van der Waals surface area contributed by atoms with Crippen LogP contribution in [0.1, 0.15) is 23.6 Å². The van der Waals surface area contributed by atoms with Crippen LogP contribution in [-0.4, -0.2) is 34.7 Å². The van der Waals surface area contributed by atoms with Gasteiger partial charge in [-0.25, -0.2) is 4.99 Å². The minimum absolute atomic E-state index is 0.109. The number of aryl methyl sites for hydroxylation is 1. The average molecular weight is 409 g/mol. The summed E-state index contributed by atoms with van der Waals surface area (Å²) in [5.41, 5.74) is 3.44. The third-order valence-corrected chi connectivity index (χ3v) is 5.46. The monoisotopic (exact) mass is 408 g/mol. The lowest BCUT2D eigenvalue weighted by Crippen LogP contribution is -2.23. The Bertz CT molecular complexity index is 994. The quantitative estimate of drug-likeness (QED) is 0.536. The van der Waals surface area contributed by atoms with Gasteiger partial charge in [0.25, 0.3) is 5.91 Å². The highest BCUT2D eigenvalue weighted by Gasteiger charge is 2.30. The lowest BCUT2D eigenvalue weighted by molar-refractivity contribution is -0.121. The molecule has 0 bridgehead atoms. The Morgan fingerprint density at radius 2 is 2.00 bits per heavy atom. The molecule has 1 aliphatic heterocycles. The number of nitrogens with zero attached hydrogens (tertiary/aromatic N) is 2. The number of aliphatic imine (C=N–C) groups is 1. The second-order valence-electron chi connectivity index (χ2n) is 6.66. The molecule has 0 aliphatic carbocycles. The van der Waals surface area contributed by atoms with Crippen LogP contribution < -0.4 is 4.74 Å². The van der Waals surface area contributed by atoms with Crippen molar-refractivity contribution in [3.05, 3.63) is 70.6 Å². The Hall–Kier alpha value is -2.99. The van der Waals surface area contributed by atoms with Crippen LogP contribution in [0.4, 0.5) is 5.69 Å². The molecular weight excluding hydrogens is 384 g/mol. The van der Waals surface area contributed by atoms with Gasteiger partial charge < -0.3 is 9.84 Å². The molecule has 0 unspecified atom stereocenters. The van der Waals surface area contributed by atoms with Crippen molar-refractivity contribution < 1.29 is 14.6 Å². The molecular formula is C23H24N2O3S. The molecule has 1 amide bonds. The van der Waals surface area contributed by atoms with E-state index in [-0.39, 0.29) is 11.7 Å². The van der Waals surface area contributed by atoms with Crippen molar-refractivity contribution in [2.75, 3.05) is 13.7 Å². The molecule has 0 saturated carbocycles. The van der Waals surface area contributed by atoms with E-state index in [4.69, 9.17) is 4.74 Å². The molecule has 1 heterocycles. The zero-order valence-electron chi connectivity index (χ0n) is 16.8.